The van der Waals surface area contributed by atoms with E-state index in [2.05, 4.69) is 26.1 Å². The number of hydrogen-bond acceptors (Lipinski definition) is 4. The molecule has 1 N–H and O–H groups in total. The van der Waals surface area contributed by atoms with Gasteiger partial charge in [0.1, 0.15) is 0 Å². The second kappa shape index (κ2) is 6.59. The number of benzene rings is 1. The summed E-state index contributed by atoms with van der Waals surface area (Å²) in [5, 5.41) is 7.13. The van der Waals surface area contributed by atoms with Gasteiger partial charge >= 0.3 is 0 Å². The third kappa shape index (κ3) is 3.03. The summed E-state index contributed by atoms with van der Waals surface area (Å²) >= 11 is 3.39. The molecule has 3 rings (SSSR count). The SMILES string of the molecule is Cc1ccc(S(=O)(=O)N2CCOC[C@H]2c2c(C)n[nH]c2C)c(Br)c1. The maximum Gasteiger partial charge on any atom is 0.244 e. The zero-order valence-corrected chi connectivity index (χ0v) is 16.2. The van der Waals surface area contributed by atoms with E-state index in [1.165, 1.54) is 4.31 Å². The topological polar surface area (TPSA) is 75.3 Å². The van der Waals surface area contributed by atoms with Crippen molar-refractivity contribution < 1.29 is 13.2 Å². The van der Waals surface area contributed by atoms with Crippen LogP contribution in [0.1, 0.15) is 28.6 Å². The fraction of sp³-hybridized carbons (Fsp3) is 0.438. The molecule has 0 spiro atoms. The summed E-state index contributed by atoms with van der Waals surface area (Å²) in [5.41, 5.74) is 3.56. The number of rotatable bonds is 3. The van der Waals surface area contributed by atoms with Gasteiger partial charge in [0, 0.05) is 22.3 Å². The average molecular weight is 414 g/mol. The van der Waals surface area contributed by atoms with Gasteiger partial charge in [-0.3, -0.25) is 5.10 Å². The number of halogens is 1. The van der Waals surface area contributed by atoms with Gasteiger partial charge in [0.25, 0.3) is 0 Å². The van der Waals surface area contributed by atoms with Gasteiger partial charge in [-0.25, -0.2) is 8.42 Å². The number of sulfonamides is 1. The van der Waals surface area contributed by atoms with Crippen molar-refractivity contribution in [2.45, 2.75) is 31.7 Å². The maximum atomic E-state index is 13.3. The van der Waals surface area contributed by atoms with Crippen LogP contribution in [-0.4, -0.2) is 42.7 Å². The fourth-order valence-corrected chi connectivity index (χ4v) is 5.82. The second-order valence-corrected chi connectivity index (χ2v) is 8.70. The molecule has 0 bridgehead atoms. The fourth-order valence-electron chi connectivity index (χ4n) is 3.10. The van der Waals surface area contributed by atoms with Crippen molar-refractivity contribution in [2.75, 3.05) is 19.8 Å². The molecule has 0 aliphatic carbocycles. The zero-order chi connectivity index (χ0) is 17.5. The normalized spacial score (nSPS) is 19.6. The van der Waals surface area contributed by atoms with Crippen molar-refractivity contribution in [3.05, 3.63) is 45.2 Å². The van der Waals surface area contributed by atoms with Gasteiger partial charge in [0.2, 0.25) is 10.0 Å². The van der Waals surface area contributed by atoms with Gasteiger partial charge in [-0.1, -0.05) is 6.07 Å². The first kappa shape index (κ1) is 17.6. The number of morpholine rings is 1. The smallest absolute Gasteiger partial charge is 0.244 e. The van der Waals surface area contributed by atoms with Gasteiger partial charge in [-0.15, -0.1) is 0 Å². The highest BCUT2D eigenvalue weighted by Gasteiger charge is 2.38. The molecular formula is C16H20BrN3O3S. The summed E-state index contributed by atoms with van der Waals surface area (Å²) in [7, 11) is -3.65. The Balaban J connectivity index is 2.07. The number of nitrogens with one attached hydrogen (secondary N) is 1. The molecule has 1 atom stereocenters. The van der Waals surface area contributed by atoms with Crippen LogP contribution < -0.4 is 0 Å². The predicted molar refractivity (Wildman–Crippen MR) is 94.4 cm³/mol. The lowest BCUT2D eigenvalue weighted by Crippen LogP contribution is -2.43. The van der Waals surface area contributed by atoms with Crippen LogP contribution in [0.2, 0.25) is 0 Å². The molecule has 1 fully saturated rings. The molecule has 130 valence electrons. The van der Waals surface area contributed by atoms with E-state index in [1.807, 2.05) is 26.8 Å². The minimum atomic E-state index is -3.65. The standard InChI is InChI=1S/C16H20BrN3O3S/c1-10-4-5-15(13(17)8-10)24(21,22)20-6-7-23-9-14(20)16-11(2)18-19-12(16)3/h4-5,8,14H,6-7,9H2,1-3H3,(H,18,19)/t14-/m0/s1. The minimum Gasteiger partial charge on any atom is -0.378 e. The number of aromatic amines is 1. The van der Waals surface area contributed by atoms with Crippen LogP contribution in [0.25, 0.3) is 0 Å². The summed E-state index contributed by atoms with van der Waals surface area (Å²) in [6, 6.07) is 4.89. The van der Waals surface area contributed by atoms with E-state index in [-0.39, 0.29) is 10.9 Å². The number of nitrogens with zero attached hydrogens (tertiary/aromatic N) is 2. The molecule has 1 aliphatic rings. The summed E-state index contributed by atoms with van der Waals surface area (Å²) < 4.78 is 34.2. The molecule has 1 aliphatic heterocycles. The Bertz CT molecular complexity index is 844. The van der Waals surface area contributed by atoms with Crippen molar-refractivity contribution in [2.24, 2.45) is 0 Å². The minimum absolute atomic E-state index is 0.277. The molecule has 2 heterocycles. The number of ether oxygens (including phenoxy) is 1. The van der Waals surface area contributed by atoms with E-state index < -0.39 is 10.0 Å². The lowest BCUT2D eigenvalue weighted by Gasteiger charge is -2.35. The maximum absolute atomic E-state index is 13.3. The van der Waals surface area contributed by atoms with E-state index in [0.717, 1.165) is 22.5 Å². The van der Waals surface area contributed by atoms with E-state index in [4.69, 9.17) is 4.74 Å². The van der Waals surface area contributed by atoms with Crippen molar-refractivity contribution >= 4 is 26.0 Å². The molecule has 6 nitrogen and oxygen atoms in total. The molecule has 0 radical (unpaired) electrons. The molecule has 0 amide bonds. The number of aryl methyl sites for hydroxylation is 3. The largest absolute Gasteiger partial charge is 0.378 e. The van der Waals surface area contributed by atoms with E-state index in [1.54, 1.807) is 12.1 Å². The van der Waals surface area contributed by atoms with Crippen molar-refractivity contribution in [1.29, 1.82) is 0 Å². The highest BCUT2D eigenvalue weighted by Crippen LogP contribution is 2.35. The van der Waals surface area contributed by atoms with Crippen molar-refractivity contribution in [3.63, 3.8) is 0 Å². The van der Waals surface area contributed by atoms with Gasteiger partial charge in [-0.2, -0.15) is 9.40 Å². The summed E-state index contributed by atoms with van der Waals surface area (Å²) in [6.07, 6.45) is 0. The van der Waals surface area contributed by atoms with Crippen LogP contribution in [0.4, 0.5) is 0 Å². The molecular weight excluding hydrogens is 394 g/mol. The van der Waals surface area contributed by atoms with Crippen LogP contribution in [0.5, 0.6) is 0 Å². The Morgan fingerprint density at radius 3 is 2.71 bits per heavy atom. The number of hydrogen-bond donors (Lipinski definition) is 1. The number of aromatic nitrogens is 2. The highest BCUT2D eigenvalue weighted by atomic mass is 79.9. The summed E-state index contributed by atoms with van der Waals surface area (Å²) in [4.78, 5) is 0.277. The zero-order valence-electron chi connectivity index (χ0n) is 13.8. The third-order valence-electron chi connectivity index (χ3n) is 4.27. The van der Waals surface area contributed by atoms with Crippen LogP contribution >= 0.6 is 15.9 Å². The molecule has 0 saturated carbocycles. The molecule has 1 aromatic heterocycles. The van der Waals surface area contributed by atoms with Crippen LogP contribution in [0, 0.1) is 20.8 Å². The summed E-state index contributed by atoms with van der Waals surface area (Å²) in [6.45, 7) is 6.73. The Hall–Kier alpha value is -1.22. The number of H-pyrrole nitrogens is 1. The van der Waals surface area contributed by atoms with E-state index in [9.17, 15) is 8.42 Å². The molecule has 2 aromatic rings. The van der Waals surface area contributed by atoms with Crippen LogP contribution in [-0.2, 0) is 14.8 Å². The molecule has 1 saturated heterocycles. The highest BCUT2D eigenvalue weighted by molar-refractivity contribution is 9.10. The van der Waals surface area contributed by atoms with Crippen LogP contribution in [0.15, 0.2) is 27.6 Å². The first-order valence-electron chi connectivity index (χ1n) is 7.69. The lowest BCUT2D eigenvalue weighted by atomic mass is 10.1. The average Bonchev–Trinajstić information content (AvgIpc) is 2.86. The van der Waals surface area contributed by atoms with Crippen molar-refractivity contribution in [1.82, 2.24) is 14.5 Å². The van der Waals surface area contributed by atoms with E-state index >= 15 is 0 Å². The van der Waals surface area contributed by atoms with Gasteiger partial charge in [0.15, 0.2) is 0 Å². The first-order chi connectivity index (χ1) is 11.3. The first-order valence-corrected chi connectivity index (χ1v) is 9.93. The molecule has 24 heavy (non-hydrogen) atoms. The van der Waals surface area contributed by atoms with Gasteiger partial charge in [-0.05, 0) is 54.4 Å². The Morgan fingerprint density at radius 2 is 2.08 bits per heavy atom. The summed E-state index contributed by atoms with van der Waals surface area (Å²) in [5.74, 6) is 0. The van der Waals surface area contributed by atoms with Gasteiger partial charge < -0.3 is 4.74 Å². The van der Waals surface area contributed by atoms with Crippen LogP contribution in [0.3, 0.4) is 0 Å². The Labute approximate surface area is 150 Å². The second-order valence-electron chi connectivity index (χ2n) is 5.99. The molecule has 8 heteroatoms. The predicted octanol–water partition coefficient (Wildman–Crippen LogP) is 2.86. The Morgan fingerprint density at radius 1 is 1.33 bits per heavy atom. The Kier molecular flexibility index (Phi) is 4.83. The third-order valence-corrected chi connectivity index (χ3v) is 7.16. The van der Waals surface area contributed by atoms with E-state index in [0.29, 0.717) is 24.2 Å². The van der Waals surface area contributed by atoms with Gasteiger partial charge in [0.05, 0.1) is 29.8 Å². The monoisotopic (exact) mass is 413 g/mol. The molecule has 1 aromatic carbocycles. The van der Waals surface area contributed by atoms with Crippen molar-refractivity contribution in [3.8, 4) is 0 Å². The quantitative estimate of drug-likeness (QED) is 0.838. The lowest BCUT2D eigenvalue weighted by molar-refractivity contribution is 0.0316. The molecule has 0 unspecified atom stereocenters.